The molecule has 0 heterocycles. The van der Waals surface area contributed by atoms with E-state index in [0.717, 1.165) is 0 Å². The Kier molecular flexibility index (Phi) is 5.28. The number of anilines is 1. The summed E-state index contributed by atoms with van der Waals surface area (Å²) in [5.74, 6) is -0.305. The van der Waals surface area contributed by atoms with Gasteiger partial charge in [-0.05, 0) is 24.6 Å². The van der Waals surface area contributed by atoms with Crippen molar-refractivity contribution < 1.29 is 19.8 Å². The largest absolute Gasteiger partial charge is 0.465 e. The zero-order chi connectivity index (χ0) is 14.4. The minimum Gasteiger partial charge on any atom is -0.465 e. The number of nitrogens with one attached hydrogen (secondary N) is 2. The van der Waals surface area contributed by atoms with Crippen LogP contribution < -0.4 is 16.4 Å². The van der Waals surface area contributed by atoms with Crippen LogP contribution in [-0.4, -0.2) is 34.8 Å². The lowest BCUT2D eigenvalue weighted by Crippen LogP contribution is -2.32. The van der Waals surface area contributed by atoms with Crippen molar-refractivity contribution in [3.05, 3.63) is 29.8 Å². The highest BCUT2D eigenvalue weighted by Crippen LogP contribution is 2.15. The van der Waals surface area contributed by atoms with E-state index in [1.54, 1.807) is 31.2 Å². The van der Waals surface area contributed by atoms with E-state index >= 15 is 0 Å². The Bertz CT molecular complexity index is 445. The normalized spacial score (nSPS) is 13.4. The topological polar surface area (TPSA) is 125 Å². The Balaban J connectivity index is 2.60. The van der Waals surface area contributed by atoms with Crippen molar-refractivity contribution in [1.29, 1.82) is 0 Å². The van der Waals surface area contributed by atoms with E-state index in [4.69, 9.17) is 10.8 Å². The first kappa shape index (κ1) is 14.9. The van der Waals surface area contributed by atoms with Crippen LogP contribution in [0.5, 0.6) is 0 Å². The zero-order valence-electron chi connectivity index (χ0n) is 10.5. The van der Waals surface area contributed by atoms with Crippen LogP contribution in [-0.2, 0) is 4.79 Å². The van der Waals surface area contributed by atoms with Gasteiger partial charge in [-0.2, -0.15) is 0 Å². The van der Waals surface area contributed by atoms with Gasteiger partial charge in [-0.3, -0.25) is 4.79 Å². The molecular weight excluding hydrogens is 250 g/mol. The van der Waals surface area contributed by atoms with Crippen LogP contribution in [0.15, 0.2) is 24.3 Å². The SMILES string of the molecule is C[C@H](N)C(=O)Nc1ccc(C(O)CNC(=O)O)cc1. The summed E-state index contributed by atoms with van der Waals surface area (Å²) in [6.07, 6.45) is -2.13. The van der Waals surface area contributed by atoms with Crippen molar-refractivity contribution in [2.24, 2.45) is 5.73 Å². The van der Waals surface area contributed by atoms with Crippen molar-refractivity contribution in [2.45, 2.75) is 19.1 Å². The lowest BCUT2D eigenvalue weighted by Gasteiger charge is -2.12. The molecule has 0 aliphatic heterocycles. The summed E-state index contributed by atoms with van der Waals surface area (Å²) < 4.78 is 0. The molecule has 0 fully saturated rings. The van der Waals surface area contributed by atoms with Crippen molar-refractivity contribution >= 4 is 17.7 Å². The molecule has 0 saturated carbocycles. The van der Waals surface area contributed by atoms with Crippen LogP contribution in [0.25, 0.3) is 0 Å². The number of aliphatic hydroxyl groups excluding tert-OH is 1. The summed E-state index contributed by atoms with van der Waals surface area (Å²) >= 11 is 0. The highest BCUT2D eigenvalue weighted by atomic mass is 16.4. The molecule has 1 aromatic rings. The van der Waals surface area contributed by atoms with Gasteiger partial charge in [-0.15, -0.1) is 0 Å². The second-order valence-corrected chi connectivity index (χ2v) is 4.10. The van der Waals surface area contributed by atoms with E-state index in [0.29, 0.717) is 11.3 Å². The fraction of sp³-hybridized carbons (Fsp3) is 0.333. The molecule has 2 atom stereocenters. The Hall–Kier alpha value is -2.12. The number of carbonyl (C=O) groups excluding carboxylic acids is 1. The molecule has 7 nitrogen and oxygen atoms in total. The first-order valence-electron chi connectivity index (χ1n) is 5.71. The van der Waals surface area contributed by atoms with Gasteiger partial charge in [0.15, 0.2) is 0 Å². The number of carbonyl (C=O) groups is 2. The van der Waals surface area contributed by atoms with Gasteiger partial charge < -0.3 is 26.6 Å². The van der Waals surface area contributed by atoms with Gasteiger partial charge in [-0.25, -0.2) is 4.79 Å². The van der Waals surface area contributed by atoms with Crippen LogP contribution in [0.4, 0.5) is 10.5 Å². The maximum absolute atomic E-state index is 11.3. The molecule has 0 bridgehead atoms. The number of nitrogens with two attached hydrogens (primary N) is 1. The van der Waals surface area contributed by atoms with Crippen molar-refractivity contribution in [3.8, 4) is 0 Å². The molecule has 0 aliphatic carbocycles. The molecule has 7 heteroatoms. The lowest BCUT2D eigenvalue weighted by atomic mass is 10.1. The van der Waals surface area contributed by atoms with E-state index in [9.17, 15) is 14.7 Å². The molecule has 0 spiro atoms. The van der Waals surface area contributed by atoms with E-state index in [-0.39, 0.29) is 12.5 Å². The highest BCUT2D eigenvalue weighted by Gasteiger charge is 2.10. The first-order chi connectivity index (χ1) is 8.90. The van der Waals surface area contributed by atoms with Gasteiger partial charge in [0.05, 0.1) is 18.7 Å². The van der Waals surface area contributed by atoms with E-state index < -0.39 is 18.2 Å². The summed E-state index contributed by atoms with van der Waals surface area (Å²) in [6, 6.07) is 5.82. The first-order valence-corrected chi connectivity index (χ1v) is 5.71. The maximum Gasteiger partial charge on any atom is 0.404 e. The quantitative estimate of drug-likeness (QED) is 0.524. The molecule has 0 aromatic heterocycles. The number of rotatable bonds is 5. The monoisotopic (exact) mass is 267 g/mol. The molecule has 104 valence electrons. The Morgan fingerprint density at radius 2 is 1.89 bits per heavy atom. The molecule has 6 N–H and O–H groups in total. The van der Waals surface area contributed by atoms with Crippen LogP contribution in [0, 0.1) is 0 Å². The number of hydrogen-bond acceptors (Lipinski definition) is 4. The van der Waals surface area contributed by atoms with Crippen LogP contribution in [0.3, 0.4) is 0 Å². The van der Waals surface area contributed by atoms with Gasteiger partial charge in [0, 0.05) is 5.69 Å². The van der Waals surface area contributed by atoms with Gasteiger partial charge in [0.1, 0.15) is 0 Å². The second kappa shape index (κ2) is 6.72. The molecule has 0 saturated heterocycles. The Morgan fingerprint density at radius 3 is 2.37 bits per heavy atom. The number of benzene rings is 1. The fourth-order valence-electron chi connectivity index (χ4n) is 1.35. The lowest BCUT2D eigenvalue weighted by molar-refractivity contribution is -0.117. The predicted molar refractivity (Wildman–Crippen MR) is 69.7 cm³/mol. The highest BCUT2D eigenvalue weighted by molar-refractivity contribution is 5.94. The molecule has 1 rings (SSSR count). The van der Waals surface area contributed by atoms with E-state index in [1.807, 2.05) is 0 Å². The zero-order valence-corrected chi connectivity index (χ0v) is 10.5. The Labute approximate surface area is 110 Å². The summed E-state index contributed by atoms with van der Waals surface area (Å²) in [5.41, 5.74) is 6.52. The molecule has 0 aliphatic rings. The van der Waals surface area contributed by atoms with E-state index in [2.05, 4.69) is 10.6 Å². The molecule has 2 amide bonds. The molecule has 0 radical (unpaired) electrons. The third-order valence-corrected chi connectivity index (χ3v) is 2.42. The molecule has 1 aromatic carbocycles. The third kappa shape index (κ3) is 4.94. The van der Waals surface area contributed by atoms with Crippen molar-refractivity contribution in [2.75, 3.05) is 11.9 Å². The smallest absolute Gasteiger partial charge is 0.404 e. The number of amides is 2. The summed E-state index contributed by atoms with van der Waals surface area (Å²) in [4.78, 5) is 21.6. The average molecular weight is 267 g/mol. The molecule has 19 heavy (non-hydrogen) atoms. The van der Waals surface area contributed by atoms with Gasteiger partial charge in [0.2, 0.25) is 5.91 Å². The summed E-state index contributed by atoms with van der Waals surface area (Å²) in [5, 5.41) is 22.8. The number of carboxylic acid groups (broad SMARTS) is 1. The van der Waals surface area contributed by atoms with Gasteiger partial charge in [-0.1, -0.05) is 12.1 Å². The van der Waals surface area contributed by atoms with Crippen molar-refractivity contribution in [1.82, 2.24) is 5.32 Å². The number of hydrogen-bond donors (Lipinski definition) is 5. The number of aliphatic hydroxyl groups is 1. The fourth-order valence-corrected chi connectivity index (χ4v) is 1.35. The predicted octanol–water partition coefficient (Wildman–Crippen LogP) is 0.273. The summed E-state index contributed by atoms with van der Waals surface area (Å²) in [7, 11) is 0. The van der Waals surface area contributed by atoms with Gasteiger partial charge >= 0.3 is 6.09 Å². The second-order valence-electron chi connectivity index (χ2n) is 4.10. The summed E-state index contributed by atoms with van der Waals surface area (Å²) in [6.45, 7) is 1.48. The Morgan fingerprint density at radius 1 is 1.32 bits per heavy atom. The van der Waals surface area contributed by atoms with Gasteiger partial charge in [0.25, 0.3) is 0 Å². The molecular formula is C12H17N3O4. The maximum atomic E-state index is 11.3. The van der Waals surface area contributed by atoms with Crippen molar-refractivity contribution in [3.63, 3.8) is 0 Å². The minimum absolute atomic E-state index is 0.0964. The minimum atomic E-state index is -1.19. The van der Waals surface area contributed by atoms with Crippen LogP contribution >= 0.6 is 0 Å². The van der Waals surface area contributed by atoms with Crippen LogP contribution in [0.2, 0.25) is 0 Å². The molecule has 1 unspecified atom stereocenters. The average Bonchev–Trinajstić information content (AvgIpc) is 2.36. The van der Waals surface area contributed by atoms with E-state index in [1.165, 1.54) is 0 Å². The van der Waals surface area contributed by atoms with Crippen LogP contribution in [0.1, 0.15) is 18.6 Å². The third-order valence-electron chi connectivity index (χ3n) is 2.42. The standard InChI is InChI=1S/C12H17N3O4/c1-7(13)11(17)15-9-4-2-8(3-5-9)10(16)6-14-12(18)19/h2-5,7,10,14,16H,6,13H2,1H3,(H,15,17)(H,18,19)/t7-,10?/m0/s1.